The fourth-order valence-electron chi connectivity index (χ4n) is 4.13. The second-order valence-electron chi connectivity index (χ2n) is 7.76. The van der Waals surface area contributed by atoms with E-state index in [2.05, 4.69) is 21.6 Å². The van der Waals surface area contributed by atoms with E-state index in [9.17, 15) is 9.59 Å². The summed E-state index contributed by atoms with van der Waals surface area (Å²) < 4.78 is 5.56. The van der Waals surface area contributed by atoms with Crippen LogP contribution in [0.2, 0.25) is 0 Å². The Balaban J connectivity index is 1.36. The van der Waals surface area contributed by atoms with Crippen LogP contribution in [0.4, 0.5) is 0 Å². The zero-order valence-corrected chi connectivity index (χ0v) is 16.7. The maximum Gasteiger partial charge on any atom is 0.275 e. The molecule has 7 nitrogen and oxygen atoms in total. The van der Waals surface area contributed by atoms with Crippen LogP contribution in [0.15, 0.2) is 35.9 Å². The third kappa shape index (κ3) is 4.67. The highest BCUT2D eigenvalue weighted by atomic mass is 16.5. The van der Waals surface area contributed by atoms with Gasteiger partial charge in [0.15, 0.2) is 5.69 Å². The summed E-state index contributed by atoms with van der Waals surface area (Å²) in [6.45, 7) is 1.95. The van der Waals surface area contributed by atoms with E-state index in [4.69, 9.17) is 4.74 Å². The number of nitrogens with one attached hydrogen (secondary N) is 2. The SMILES string of the molecule is O=C(C[C@@H]1COCCN1C(=O)c1n[nH]c2ccccc12)NCCC1=CCCCC1. The van der Waals surface area contributed by atoms with Crippen molar-refractivity contribution in [2.24, 2.45) is 0 Å². The molecule has 154 valence electrons. The minimum atomic E-state index is -0.277. The number of fused-ring (bicyclic) bond motifs is 1. The zero-order valence-electron chi connectivity index (χ0n) is 16.7. The molecule has 1 aliphatic carbocycles. The van der Waals surface area contributed by atoms with E-state index in [0.29, 0.717) is 32.0 Å². The van der Waals surface area contributed by atoms with Crippen LogP contribution in [-0.2, 0) is 9.53 Å². The van der Waals surface area contributed by atoms with Crippen molar-refractivity contribution in [1.82, 2.24) is 20.4 Å². The number of para-hydroxylation sites is 1. The number of hydrogen-bond donors (Lipinski definition) is 2. The number of ether oxygens (including phenoxy) is 1. The quantitative estimate of drug-likeness (QED) is 0.735. The number of aromatic nitrogens is 2. The first-order chi connectivity index (χ1) is 14.2. The Hall–Kier alpha value is -2.67. The number of aromatic amines is 1. The number of nitrogens with zero attached hydrogens (tertiary/aromatic N) is 2. The van der Waals surface area contributed by atoms with Gasteiger partial charge in [-0.25, -0.2) is 0 Å². The number of rotatable bonds is 6. The Morgan fingerprint density at radius 3 is 3.03 bits per heavy atom. The molecule has 0 bridgehead atoms. The molecule has 0 unspecified atom stereocenters. The monoisotopic (exact) mass is 396 g/mol. The van der Waals surface area contributed by atoms with E-state index < -0.39 is 0 Å². The molecule has 2 amide bonds. The summed E-state index contributed by atoms with van der Waals surface area (Å²) in [4.78, 5) is 27.3. The number of allylic oxidation sites excluding steroid dienone is 1. The molecule has 29 heavy (non-hydrogen) atoms. The minimum Gasteiger partial charge on any atom is -0.377 e. The van der Waals surface area contributed by atoms with Crippen LogP contribution in [0, 0.1) is 0 Å². The van der Waals surface area contributed by atoms with Gasteiger partial charge in [0.2, 0.25) is 5.91 Å². The van der Waals surface area contributed by atoms with Gasteiger partial charge in [0.05, 0.1) is 24.8 Å². The highest BCUT2D eigenvalue weighted by Crippen LogP contribution is 2.21. The average molecular weight is 396 g/mol. The van der Waals surface area contributed by atoms with Crippen molar-refractivity contribution < 1.29 is 14.3 Å². The predicted octanol–water partition coefficient (Wildman–Crippen LogP) is 2.80. The Morgan fingerprint density at radius 2 is 2.17 bits per heavy atom. The summed E-state index contributed by atoms with van der Waals surface area (Å²) in [6.07, 6.45) is 8.28. The van der Waals surface area contributed by atoms with Crippen molar-refractivity contribution in [3.05, 3.63) is 41.6 Å². The van der Waals surface area contributed by atoms with Crippen molar-refractivity contribution >= 4 is 22.7 Å². The Labute approximate surface area is 170 Å². The van der Waals surface area contributed by atoms with Crippen LogP contribution >= 0.6 is 0 Å². The van der Waals surface area contributed by atoms with E-state index in [0.717, 1.165) is 30.2 Å². The standard InChI is InChI=1S/C22H28N4O3/c27-20(23-11-10-16-6-2-1-3-7-16)14-17-15-29-13-12-26(17)22(28)21-18-8-4-5-9-19(18)24-25-21/h4-6,8-9,17H,1-3,7,10-15H2,(H,23,27)(H,24,25)/t17-/m1/s1. The van der Waals surface area contributed by atoms with Crippen LogP contribution in [0.3, 0.4) is 0 Å². The van der Waals surface area contributed by atoms with Gasteiger partial charge in [-0.3, -0.25) is 14.7 Å². The Bertz CT molecular complexity index is 904. The minimum absolute atomic E-state index is 0.0402. The van der Waals surface area contributed by atoms with Gasteiger partial charge in [-0.15, -0.1) is 0 Å². The molecule has 4 rings (SSSR count). The van der Waals surface area contributed by atoms with E-state index >= 15 is 0 Å². The number of carbonyl (C=O) groups excluding carboxylic acids is 2. The molecule has 1 fully saturated rings. The van der Waals surface area contributed by atoms with Gasteiger partial charge >= 0.3 is 0 Å². The maximum absolute atomic E-state index is 13.1. The highest BCUT2D eigenvalue weighted by molar-refractivity contribution is 6.04. The molecule has 1 atom stereocenters. The van der Waals surface area contributed by atoms with Crippen LogP contribution in [0.1, 0.15) is 49.0 Å². The van der Waals surface area contributed by atoms with Crippen LogP contribution in [-0.4, -0.2) is 59.3 Å². The molecule has 0 radical (unpaired) electrons. The van der Waals surface area contributed by atoms with Crippen LogP contribution < -0.4 is 5.32 Å². The lowest BCUT2D eigenvalue weighted by Gasteiger charge is -2.35. The van der Waals surface area contributed by atoms with Gasteiger partial charge in [-0.1, -0.05) is 29.8 Å². The van der Waals surface area contributed by atoms with Gasteiger partial charge < -0.3 is 15.0 Å². The van der Waals surface area contributed by atoms with Crippen molar-refractivity contribution in [2.45, 2.75) is 44.6 Å². The lowest BCUT2D eigenvalue weighted by Crippen LogP contribution is -2.50. The normalized spacial score (nSPS) is 19.8. The smallest absolute Gasteiger partial charge is 0.275 e. The first-order valence-electron chi connectivity index (χ1n) is 10.5. The lowest BCUT2D eigenvalue weighted by atomic mass is 9.97. The molecule has 2 aliphatic rings. The van der Waals surface area contributed by atoms with E-state index in [1.165, 1.54) is 18.4 Å². The van der Waals surface area contributed by atoms with Crippen LogP contribution in [0.5, 0.6) is 0 Å². The molecule has 0 saturated carbocycles. The summed E-state index contributed by atoms with van der Waals surface area (Å²) >= 11 is 0. The molecule has 0 spiro atoms. The molecule has 2 heterocycles. The molecule has 2 N–H and O–H groups in total. The topological polar surface area (TPSA) is 87.3 Å². The summed E-state index contributed by atoms with van der Waals surface area (Å²) in [5.41, 5.74) is 2.67. The van der Waals surface area contributed by atoms with E-state index in [1.807, 2.05) is 24.3 Å². The zero-order chi connectivity index (χ0) is 20.1. The molecular formula is C22H28N4O3. The number of amides is 2. The van der Waals surface area contributed by atoms with Gasteiger partial charge in [-0.05, 0) is 38.2 Å². The second kappa shape index (κ2) is 9.22. The predicted molar refractivity (Wildman–Crippen MR) is 111 cm³/mol. The summed E-state index contributed by atoms with van der Waals surface area (Å²) in [5.74, 6) is -0.197. The van der Waals surface area contributed by atoms with Gasteiger partial charge in [0.25, 0.3) is 5.91 Å². The number of carbonyl (C=O) groups is 2. The Morgan fingerprint density at radius 1 is 1.28 bits per heavy atom. The number of hydrogen-bond acceptors (Lipinski definition) is 4. The van der Waals surface area contributed by atoms with Crippen molar-refractivity contribution in [1.29, 1.82) is 0 Å². The fourth-order valence-corrected chi connectivity index (χ4v) is 4.13. The second-order valence-corrected chi connectivity index (χ2v) is 7.76. The molecule has 2 aromatic rings. The fraction of sp³-hybridized carbons (Fsp3) is 0.500. The molecule has 1 aliphatic heterocycles. The molecule has 1 aromatic carbocycles. The molecule has 1 aromatic heterocycles. The van der Waals surface area contributed by atoms with Crippen molar-refractivity contribution in [3.63, 3.8) is 0 Å². The number of benzene rings is 1. The van der Waals surface area contributed by atoms with Gasteiger partial charge in [-0.2, -0.15) is 5.10 Å². The first kappa shape index (κ1) is 19.6. The first-order valence-corrected chi connectivity index (χ1v) is 10.5. The third-order valence-corrected chi connectivity index (χ3v) is 5.74. The van der Waals surface area contributed by atoms with E-state index in [1.54, 1.807) is 4.90 Å². The van der Waals surface area contributed by atoms with E-state index in [-0.39, 0.29) is 24.3 Å². The van der Waals surface area contributed by atoms with Gasteiger partial charge in [0.1, 0.15) is 0 Å². The van der Waals surface area contributed by atoms with Crippen molar-refractivity contribution in [2.75, 3.05) is 26.3 Å². The molecular weight excluding hydrogens is 368 g/mol. The summed E-state index contributed by atoms with van der Waals surface area (Å²) in [7, 11) is 0. The summed E-state index contributed by atoms with van der Waals surface area (Å²) in [6, 6.07) is 7.29. The number of H-pyrrole nitrogens is 1. The average Bonchev–Trinajstić information content (AvgIpc) is 3.19. The summed E-state index contributed by atoms with van der Waals surface area (Å²) in [5, 5.41) is 10.9. The molecule has 7 heteroatoms. The van der Waals surface area contributed by atoms with Crippen molar-refractivity contribution in [3.8, 4) is 0 Å². The molecule has 1 saturated heterocycles. The van der Waals surface area contributed by atoms with Crippen LogP contribution in [0.25, 0.3) is 10.9 Å². The number of morpholine rings is 1. The maximum atomic E-state index is 13.1. The van der Waals surface area contributed by atoms with Gasteiger partial charge in [0, 0.05) is 24.9 Å². The third-order valence-electron chi connectivity index (χ3n) is 5.74. The highest BCUT2D eigenvalue weighted by Gasteiger charge is 2.31. The lowest BCUT2D eigenvalue weighted by molar-refractivity contribution is -0.123. The Kier molecular flexibility index (Phi) is 6.24. The largest absolute Gasteiger partial charge is 0.377 e.